The summed E-state index contributed by atoms with van der Waals surface area (Å²) in [5.74, 6) is 0. The minimum Gasteiger partial charge on any atom is -0.394 e. The fraction of sp³-hybridized carbons (Fsp3) is 0.500. The van der Waals surface area contributed by atoms with Crippen LogP contribution in [-0.2, 0) is 47.9 Å². The van der Waals surface area contributed by atoms with Gasteiger partial charge in [-0.2, -0.15) is 8.42 Å². The largest absolute Gasteiger partial charge is 0.394 e. The molecule has 9 heteroatoms. The van der Waals surface area contributed by atoms with E-state index in [0.29, 0.717) is 0 Å². The van der Waals surface area contributed by atoms with E-state index in [1.807, 2.05) is 0 Å². The molecule has 1 aromatic carbocycles. The van der Waals surface area contributed by atoms with E-state index in [1.54, 1.807) is 18.2 Å². The smallest absolute Gasteiger partial charge is 0.294 e. The number of aliphatic hydroxyl groups excluding tert-OH is 3. The molecule has 0 radical (unpaired) electrons. The summed E-state index contributed by atoms with van der Waals surface area (Å²) in [5.41, 5.74) is 0. The minimum atomic E-state index is -4.00. The quantitative estimate of drug-likeness (QED) is 0.417. The van der Waals surface area contributed by atoms with Crippen molar-refractivity contribution in [1.29, 1.82) is 0 Å². The normalized spacial score (nSPS) is 9.71. The Morgan fingerprint density at radius 2 is 1.52 bits per heavy atom. The van der Waals surface area contributed by atoms with Crippen LogP contribution in [0.25, 0.3) is 0 Å². The summed E-state index contributed by atoms with van der Waals surface area (Å²) in [7, 11) is -4.00. The van der Waals surface area contributed by atoms with Crippen LogP contribution in [0.15, 0.2) is 35.2 Å². The van der Waals surface area contributed by atoms with Crippen molar-refractivity contribution < 1.29 is 66.1 Å². The SMILES string of the molecule is CC[CH2][Zn].O=S(=O)(O)c1ccccc1.OCC(O)CO.[Zn]. The summed E-state index contributed by atoms with van der Waals surface area (Å²) < 4.78 is 29.2. The van der Waals surface area contributed by atoms with E-state index in [-0.39, 0.29) is 37.6 Å². The van der Waals surface area contributed by atoms with Crippen LogP contribution in [-0.4, -0.2) is 47.6 Å². The molecule has 115 valence electrons. The molecule has 6 nitrogen and oxygen atoms in total. The summed E-state index contributed by atoms with van der Waals surface area (Å²) >= 11 is 1.47. The van der Waals surface area contributed by atoms with Gasteiger partial charge >= 0.3 is 36.7 Å². The first-order chi connectivity index (χ1) is 9.33. The van der Waals surface area contributed by atoms with E-state index in [0.717, 1.165) is 0 Å². The van der Waals surface area contributed by atoms with Gasteiger partial charge in [0, 0.05) is 19.5 Å². The molecule has 4 N–H and O–H groups in total. The summed E-state index contributed by atoms with van der Waals surface area (Å²) in [6, 6.07) is 7.42. The molecule has 0 aliphatic carbocycles. The predicted molar refractivity (Wildman–Crippen MR) is 71.5 cm³/mol. The summed E-state index contributed by atoms with van der Waals surface area (Å²) in [4.78, 5) is -0.0741. The van der Waals surface area contributed by atoms with Gasteiger partial charge in [0.2, 0.25) is 0 Å². The molecule has 0 fully saturated rings. The van der Waals surface area contributed by atoms with Crippen LogP contribution in [0.1, 0.15) is 13.3 Å². The Labute approximate surface area is 148 Å². The molecule has 1 aromatic rings. The van der Waals surface area contributed by atoms with Gasteiger partial charge in [0.15, 0.2) is 0 Å². The third-order valence-corrected chi connectivity index (χ3v) is 4.17. The first kappa shape index (κ1) is 26.2. The molecule has 0 spiro atoms. The standard InChI is InChI=1S/C6H6O3S.C3H8O3.C3H7.2Zn/c7-10(8,9)6-4-2-1-3-5-6;4-1-3(6)2-5;1-3-2;;/h1-5H,(H,7,8,9);3-6H,1-2H2;1,3H2,2H3;;. The topological polar surface area (TPSA) is 115 Å². The molecule has 0 amide bonds. The first-order valence-corrected chi connectivity index (χ1v) is 9.58. The number of benzene rings is 1. The van der Waals surface area contributed by atoms with Crippen molar-refractivity contribution in [3.8, 4) is 0 Å². The molecule has 0 saturated heterocycles. The molecule has 0 heterocycles. The van der Waals surface area contributed by atoms with Crippen LogP contribution in [0.4, 0.5) is 0 Å². The van der Waals surface area contributed by atoms with Crippen LogP contribution in [0.3, 0.4) is 0 Å². The molecule has 0 aliphatic heterocycles. The molecule has 1 rings (SSSR count). The Balaban J connectivity index is -0.000000255. The van der Waals surface area contributed by atoms with Gasteiger partial charge in [-0.25, -0.2) is 0 Å². The maximum absolute atomic E-state index is 10.4. The van der Waals surface area contributed by atoms with Gasteiger partial charge in [0.25, 0.3) is 10.1 Å². The van der Waals surface area contributed by atoms with Crippen LogP contribution >= 0.6 is 0 Å². The Morgan fingerprint density at radius 3 is 1.67 bits per heavy atom. The molecule has 0 unspecified atom stereocenters. The molecule has 0 bridgehead atoms. The zero-order chi connectivity index (χ0) is 16.0. The van der Waals surface area contributed by atoms with E-state index in [1.165, 1.54) is 41.9 Å². The number of hydrogen-bond donors (Lipinski definition) is 4. The Hall–Kier alpha value is 0.257. The van der Waals surface area contributed by atoms with E-state index >= 15 is 0 Å². The van der Waals surface area contributed by atoms with Gasteiger partial charge in [0.1, 0.15) is 6.10 Å². The van der Waals surface area contributed by atoms with Crippen molar-refractivity contribution >= 4 is 10.1 Å². The number of hydrogen-bond acceptors (Lipinski definition) is 5. The van der Waals surface area contributed by atoms with E-state index < -0.39 is 16.2 Å². The number of aliphatic hydroxyl groups is 3. The average molecular weight is 424 g/mol. The first-order valence-electron chi connectivity index (χ1n) is 6.04. The summed E-state index contributed by atoms with van der Waals surface area (Å²) in [6.07, 6.45) is 0.421. The van der Waals surface area contributed by atoms with Gasteiger partial charge in [-0.3, -0.25) is 4.55 Å². The third kappa shape index (κ3) is 18.2. The molecule has 0 atom stereocenters. The molecular formula is C12H21O6SZn2. The van der Waals surface area contributed by atoms with Crippen LogP contribution < -0.4 is 0 Å². The monoisotopic (exact) mass is 421 g/mol. The Bertz CT molecular complexity index is 407. The zero-order valence-electron chi connectivity index (χ0n) is 12.2. The molecule has 0 aromatic heterocycles. The van der Waals surface area contributed by atoms with Gasteiger partial charge in [0.05, 0.1) is 18.1 Å². The minimum absolute atomic E-state index is 0. The fourth-order valence-electron chi connectivity index (χ4n) is 0.650. The van der Waals surface area contributed by atoms with Crippen molar-refractivity contribution in [3.05, 3.63) is 30.3 Å². The van der Waals surface area contributed by atoms with Gasteiger partial charge in [-0.15, -0.1) is 0 Å². The van der Waals surface area contributed by atoms with Crippen LogP contribution in [0.5, 0.6) is 0 Å². The Morgan fingerprint density at radius 1 is 1.14 bits per heavy atom. The second kappa shape index (κ2) is 16.6. The van der Waals surface area contributed by atoms with Gasteiger partial charge in [-0.1, -0.05) is 18.2 Å². The van der Waals surface area contributed by atoms with Gasteiger partial charge < -0.3 is 15.3 Å². The molecular weight excluding hydrogens is 403 g/mol. The van der Waals surface area contributed by atoms with Crippen LogP contribution in [0.2, 0.25) is 5.02 Å². The van der Waals surface area contributed by atoms with E-state index in [9.17, 15) is 8.42 Å². The second-order valence-electron chi connectivity index (χ2n) is 3.66. The molecule has 0 aliphatic rings. The third-order valence-electron chi connectivity index (χ3n) is 1.82. The van der Waals surface area contributed by atoms with Crippen molar-refractivity contribution in [1.82, 2.24) is 0 Å². The second-order valence-corrected chi connectivity index (χ2v) is 6.57. The van der Waals surface area contributed by atoms with E-state index in [4.69, 9.17) is 19.9 Å². The number of rotatable bonds is 4. The van der Waals surface area contributed by atoms with Crippen LogP contribution in [0, 0.1) is 0 Å². The summed E-state index contributed by atoms with van der Waals surface area (Å²) in [6.45, 7) is 1.48. The Kier molecular flexibility index (Phi) is 20.7. The van der Waals surface area contributed by atoms with Crippen molar-refractivity contribution in [2.24, 2.45) is 0 Å². The maximum Gasteiger partial charge on any atom is 0.294 e. The summed E-state index contributed by atoms with van der Waals surface area (Å²) in [5, 5.41) is 25.5. The zero-order valence-corrected chi connectivity index (χ0v) is 19.0. The van der Waals surface area contributed by atoms with Crippen molar-refractivity contribution in [2.75, 3.05) is 13.2 Å². The average Bonchev–Trinajstić information content (AvgIpc) is 2.47. The fourth-order valence-corrected chi connectivity index (χ4v) is 1.15. The van der Waals surface area contributed by atoms with Gasteiger partial charge in [-0.05, 0) is 12.1 Å². The predicted octanol–water partition coefficient (Wildman–Crippen LogP) is 0.624. The molecule has 0 saturated carbocycles. The van der Waals surface area contributed by atoms with Crippen molar-refractivity contribution in [3.63, 3.8) is 0 Å². The van der Waals surface area contributed by atoms with Crippen molar-refractivity contribution in [2.45, 2.75) is 29.4 Å². The molecule has 21 heavy (non-hydrogen) atoms. The maximum atomic E-state index is 10.4. The van der Waals surface area contributed by atoms with E-state index in [2.05, 4.69) is 6.92 Å².